The summed E-state index contributed by atoms with van der Waals surface area (Å²) in [6.07, 6.45) is 0.671. The number of halogens is 3. The van der Waals surface area contributed by atoms with Crippen LogP contribution in [0.2, 0.25) is 0 Å². The molecule has 11 heavy (non-hydrogen) atoms. The standard InChI is InChI=1S/C5H6BF3N.K/c7-6(8,9)4-5-2-1-3-10-5;/h1-3,10H,4H2;/q-1;+1. The van der Waals surface area contributed by atoms with E-state index in [1.54, 1.807) is 6.07 Å². The Hall–Kier alpha value is 0.771. The molecule has 0 fully saturated rings. The second-order valence-corrected chi connectivity index (χ2v) is 2.11. The van der Waals surface area contributed by atoms with Crippen molar-refractivity contribution in [3.05, 3.63) is 24.0 Å². The van der Waals surface area contributed by atoms with Crippen LogP contribution in [0.15, 0.2) is 18.3 Å². The van der Waals surface area contributed by atoms with Crippen molar-refractivity contribution in [1.29, 1.82) is 0 Å². The van der Waals surface area contributed by atoms with E-state index in [2.05, 4.69) is 4.98 Å². The molecular formula is C5H6BF3KN. The molecule has 0 aromatic carbocycles. The summed E-state index contributed by atoms with van der Waals surface area (Å²) in [6.45, 7) is -4.69. The first kappa shape index (κ1) is 11.8. The van der Waals surface area contributed by atoms with Crippen LogP contribution in [0.3, 0.4) is 0 Å². The Morgan fingerprint density at radius 3 is 2.36 bits per heavy atom. The van der Waals surface area contributed by atoms with E-state index in [0.29, 0.717) is 0 Å². The van der Waals surface area contributed by atoms with Crippen molar-refractivity contribution in [2.75, 3.05) is 0 Å². The Kier molecular flexibility index (Phi) is 5.04. The first-order valence-electron chi connectivity index (χ1n) is 2.91. The van der Waals surface area contributed by atoms with Crippen molar-refractivity contribution in [2.24, 2.45) is 0 Å². The van der Waals surface area contributed by atoms with Gasteiger partial charge in [0.05, 0.1) is 0 Å². The van der Waals surface area contributed by atoms with E-state index < -0.39 is 13.3 Å². The van der Waals surface area contributed by atoms with Crippen LogP contribution >= 0.6 is 0 Å². The van der Waals surface area contributed by atoms with Crippen molar-refractivity contribution in [3.8, 4) is 0 Å². The zero-order valence-electron chi connectivity index (χ0n) is 6.15. The zero-order valence-corrected chi connectivity index (χ0v) is 9.27. The molecule has 0 spiro atoms. The SMILES string of the molecule is F[B-](F)(F)Cc1ccc[nH]1.[K+]. The monoisotopic (exact) mass is 187 g/mol. The van der Waals surface area contributed by atoms with Crippen LogP contribution < -0.4 is 51.4 Å². The minimum atomic E-state index is -4.69. The number of hydrogen-bond donors (Lipinski definition) is 1. The van der Waals surface area contributed by atoms with Crippen LogP contribution in [0.25, 0.3) is 0 Å². The van der Waals surface area contributed by atoms with Gasteiger partial charge in [-0.25, -0.2) is 0 Å². The van der Waals surface area contributed by atoms with Crippen LogP contribution in [0.5, 0.6) is 0 Å². The number of nitrogens with one attached hydrogen (secondary N) is 1. The molecule has 0 aliphatic rings. The van der Waals surface area contributed by atoms with Gasteiger partial charge in [0.2, 0.25) is 0 Å². The van der Waals surface area contributed by atoms with E-state index in [9.17, 15) is 12.9 Å². The van der Waals surface area contributed by atoms with E-state index in [0.717, 1.165) is 0 Å². The largest absolute Gasteiger partial charge is 1.00 e. The predicted molar refractivity (Wildman–Crippen MR) is 33.6 cm³/mol. The quantitative estimate of drug-likeness (QED) is 0.568. The van der Waals surface area contributed by atoms with Gasteiger partial charge in [-0.3, -0.25) is 0 Å². The molecule has 6 heteroatoms. The summed E-state index contributed by atoms with van der Waals surface area (Å²) >= 11 is 0. The van der Waals surface area contributed by atoms with Gasteiger partial charge in [0.15, 0.2) is 0 Å². The van der Waals surface area contributed by atoms with Crippen LogP contribution in [0.1, 0.15) is 5.69 Å². The smallest absolute Gasteiger partial charge is 0.449 e. The van der Waals surface area contributed by atoms with Gasteiger partial charge in [0, 0.05) is 6.20 Å². The van der Waals surface area contributed by atoms with Crippen molar-refractivity contribution in [2.45, 2.75) is 6.32 Å². The van der Waals surface area contributed by atoms with Gasteiger partial charge >= 0.3 is 58.4 Å². The molecule has 1 heterocycles. The van der Waals surface area contributed by atoms with Gasteiger partial charge in [-0.15, -0.1) is 0 Å². The molecule has 0 radical (unpaired) electrons. The molecule has 0 bridgehead atoms. The van der Waals surface area contributed by atoms with Crippen molar-refractivity contribution in [3.63, 3.8) is 0 Å². The third-order valence-corrected chi connectivity index (χ3v) is 1.11. The molecule has 0 aliphatic heterocycles. The summed E-state index contributed by atoms with van der Waals surface area (Å²) < 4.78 is 35.0. The van der Waals surface area contributed by atoms with E-state index in [-0.39, 0.29) is 57.1 Å². The molecule has 0 amide bonds. The molecule has 0 atom stereocenters. The minimum absolute atomic E-state index is 0. The Balaban J connectivity index is 0.000001000. The van der Waals surface area contributed by atoms with E-state index >= 15 is 0 Å². The van der Waals surface area contributed by atoms with Gasteiger partial charge in [-0.05, 0) is 24.1 Å². The number of H-pyrrole nitrogens is 1. The summed E-state index contributed by atoms with van der Waals surface area (Å²) in [5.41, 5.74) is 0.229. The van der Waals surface area contributed by atoms with Crippen LogP contribution in [-0.2, 0) is 6.32 Å². The molecule has 1 aromatic heterocycles. The molecule has 1 nitrogen and oxygen atoms in total. The molecule has 1 rings (SSSR count). The third-order valence-electron chi connectivity index (χ3n) is 1.11. The number of aromatic amines is 1. The minimum Gasteiger partial charge on any atom is -0.449 e. The fourth-order valence-corrected chi connectivity index (χ4v) is 0.744. The topological polar surface area (TPSA) is 15.8 Å². The average molecular weight is 187 g/mol. The average Bonchev–Trinajstić information content (AvgIpc) is 2.12. The second kappa shape index (κ2) is 4.71. The molecule has 1 N–H and O–H groups in total. The molecular weight excluding hydrogens is 181 g/mol. The van der Waals surface area contributed by atoms with E-state index in [1.165, 1.54) is 12.3 Å². The van der Waals surface area contributed by atoms with Crippen LogP contribution in [0.4, 0.5) is 12.9 Å². The van der Waals surface area contributed by atoms with E-state index in [4.69, 9.17) is 0 Å². The zero-order chi connectivity index (χ0) is 7.61. The maximum Gasteiger partial charge on any atom is 1.00 e. The Morgan fingerprint density at radius 1 is 1.36 bits per heavy atom. The van der Waals surface area contributed by atoms with Gasteiger partial charge in [-0.1, -0.05) is 0 Å². The summed E-state index contributed by atoms with van der Waals surface area (Å²) in [5, 5.41) is 0. The van der Waals surface area contributed by atoms with E-state index in [1.807, 2.05) is 0 Å². The number of rotatable bonds is 2. The fourth-order valence-electron chi connectivity index (χ4n) is 0.744. The van der Waals surface area contributed by atoms with Gasteiger partial charge in [0.1, 0.15) is 0 Å². The maximum absolute atomic E-state index is 11.7. The van der Waals surface area contributed by atoms with Crippen LogP contribution in [-0.4, -0.2) is 12.0 Å². The predicted octanol–water partition coefficient (Wildman–Crippen LogP) is -1.05. The van der Waals surface area contributed by atoms with Gasteiger partial charge in [0.25, 0.3) is 0 Å². The summed E-state index contributed by atoms with van der Waals surface area (Å²) in [7, 11) is 0. The molecule has 56 valence electrons. The first-order valence-corrected chi connectivity index (χ1v) is 2.91. The normalized spacial score (nSPS) is 10.8. The van der Waals surface area contributed by atoms with Crippen LogP contribution in [0, 0.1) is 0 Å². The molecule has 1 aromatic rings. The molecule has 0 unspecified atom stereocenters. The Labute approximate surface area is 105 Å². The Bertz CT molecular complexity index is 196. The van der Waals surface area contributed by atoms with Crippen molar-refractivity contribution >= 4 is 6.98 Å². The molecule has 0 saturated carbocycles. The molecule has 0 aliphatic carbocycles. The number of hydrogen-bond acceptors (Lipinski definition) is 0. The number of aromatic nitrogens is 1. The van der Waals surface area contributed by atoms with Gasteiger partial charge < -0.3 is 17.9 Å². The Morgan fingerprint density at radius 2 is 2.00 bits per heavy atom. The first-order chi connectivity index (χ1) is 4.58. The fraction of sp³-hybridized carbons (Fsp3) is 0.200. The summed E-state index contributed by atoms with van der Waals surface area (Å²) in [4.78, 5) is 2.49. The van der Waals surface area contributed by atoms with Gasteiger partial charge in [-0.2, -0.15) is 0 Å². The summed E-state index contributed by atoms with van der Waals surface area (Å²) in [6, 6.07) is 2.98. The van der Waals surface area contributed by atoms with Crippen molar-refractivity contribution < 1.29 is 64.3 Å². The third kappa shape index (κ3) is 5.08. The second-order valence-electron chi connectivity index (χ2n) is 2.11. The molecule has 0 saturated heterocycles. The maximum atomic E-state index is 11.7. The summed E-state index contributed by atoms with van der Waals surface area (Å²) in [5.74, 6) is 0. The van der Waals surface area contributed by atoms with Crippen molar-refractivity contribution in [1.82, 2.24) is 4.98 Å².